The largest absolute Gasteiger partial charge is 0.341 e. The third kappa shape index (κ3) is 4.90. The van der Waals surface area contributed by atoms with Crippen LogP contribution in [-0.2, 0) is 16.0 Å². The number of hydrogen-bond acceptors (Lipinski definition) is 3. The Morgan fingerprint density at radius 2 is 1.56 bits per heavy atom. The first kappa shape index (κ1) is 18.7. The molecule has 0 heterocycles. The van der Waals surface area contributed by atoms with E-state index in [2.05, 4.69) is 5.32 Å². The van der Waals surface area contributed by atoms with Crippen LogP contribution >= 0.6 is 0 Å². The molecule has 5 nitrogen and oxygen atoms in total. The van der Waals surface area contributed by atoms with E-state index < -0.39 is 11.6 Å². The first-order chi connectivity index (χ1) is 11.8. The minimum atomic E-state index is -1.06. The molecule has 0 spiro atoms. The molecule has 0 bridgehead atoms. The molecule has 2 rings (SSSR count). The maximum Gasteiger partial charge on any atom is 0.251 e. The predicted molar refractivity (Wildman–Crippen MR) is 100 cm³/mol. The molecule has 0 saturated heterocycles. The van der Waals surface area contributed by atoms with Gasteiger partial charge >= 0.3 is 0 Å². The minimum Gasteiger partial charge on any atom is -0.341 e. The lowest BCUT2D eigenvalue weighted by Crippen LogP contribution is -2.58. The Morgan fingerprint density at radius 3 is 2.12 bits per heavy atom. The van der Waals surface area contributed by atoms with Gasteiger partial charge in [-0.25, -0.2) is 0 Å². The number of hydrogen-bond donors (Lipinski definition) is 2. The fourth-order valence-corrected chi connectivity index (χ4v) is 2.60. The molecule has 0 saturated carbocycles. The maximum atomic E-state index is 12.8. The van der Waals surface area contributed by atoms with E-state index in [1.807, 2.05) is 60.7 Å². The monoisotopic (exact) mass is 339 g/mol. The average molecular weight is 339 g/mol. The molecule has 1 atom stereocenters. The lowest BCUT2D eigenvalue weighted by Gasteiger charge is -2.31. The smallest absolute Gasteiger partial charge is 0.251 e. The van der Waals surface area contributed by atoms with E-state index in [-0.39, 0.29) is 11.8 Å². The minimum absolute atomic E-state index is 0.209. The molecule has 0 aliphatic rings. The fraction of sp³-hybridized carbons (Fsp3) is 0.300. The van der Waals surface area contributed by atoms with E-state index in [4.69, 9.17) is 5.73 Å². The normalized spacial score (nSPS) is 12.3. The third-order valence-electron chi connectivity index (χ3n) is 4.05. The molecule has 0 unspecified atom stereocenters. The van der Waals surface area contributed by atoms with Crippen LogP contribution in [0.2, 0.25) is 0 Å². The Balaban J connectivity index is 2.01. The highest BCUT2D eigenvalue weighted by molar-refractivity contribution is 6.01. The lowest BCUT2D eigenvalue weighted by molar-refractivity contribution is -0.131. The number of carbonyl (C=O) groups excluding carboxylic acids is 2. The number of nitrogens with zero attached hydrogens (tertiary/aromatic N) is 1. The van der Waals surface area contributed by atoms with Gasteiger partial charge in [0.25, 0.3) is 5.91 Å². The molecule has 0 aliphatic carbocycles. The van der Waals surface area contributed by atoms with Crippen LogP contribution in [0.5, 0.6) is 0 Å². The molecule has 2 aromatic rings. The SMILES string of the molecule is CN(C(=O)C(C)(C)NC(=O)[C@@H](N)Cc1ccccc1)c1ccccc1. The van der Waals surface area contributed by atoms with Crippen molar-refractivity contribution in [2.24, 2.45) is 5.73 Å². The standard InChI is InChI=1S/C20H25N3O2/c1-20(2,19(25)23(3)16-12-8-5-9-13-16)22-18(24)17(21)14-15-10-6-4-7-11-15/h4-13,17H,14,21H2,1-3H3,(H,22,24)/t17-/m0/s1. The molecule has 5 heteroatoms. The van der Waals surface area contributed by atoms with Gasteiger partial charge in [0.05, 0.1) is 6.04 Å². The van der Waals surface area contributed by atoms with Crippen LogP contribution in [0.4, 0.5) is 5.69 Å². The summed E-state index contributed by atoms with van der Waals surface area (Å²) in [6.45, 7) is 3.36. The van der Waals surface area contributed by atoms with Crippen LogP contribution in [0.25, 0.3) is 0 Å². The zero-order valence-corrected chi connectivity index (χ0v) is 14.9. The van der Waals surface area contributed by atoms with Gasteiger partial charge < -0.3 is 16.0 Å². The Bertz CT molecular complexity index is 714. The van der Waals surface area contributed by atoms with Crippen molar-refractivity contribution in [2.45, 2.75) is 31.8 Å². The van der Waals surface area contributed by atoms with Crippen molar-refractivity contribution >= 4 is 17.5 Å². The number of carbonyl (C=O) groups is 2. The molecule has 0 fully saturated rings. The van der Waals surface area contributed by atoms with E-state index >= 15 is 0 Å². The summed E-state index contributed by atoms with van der Waals surface area (Å²) >= 11 is 0. The van der Waals surface area contributed by atoms with E-state index in [1.165, 1.54) is 4.90 Å². The molecule has 0 aromatic heterocycles. The van der Waals surface area contributed by atoms with Crippen LogP contribution in [0, 0.1) is 0 Å². The summed E-state index contributed by atoms with van der Waals surface area (Å²) in [5, 5.41) is 2.77. The van der Waals surface area contributed by atoms with Crippen molar-refractivity contribution in [1.29, 1.82) is 0 Å². The number of rotatable bonds is 6. The number of para-hydroxylation sites is 1. The highest BCUT2D eigenvalue weighted by atomic mass is 16.2. The molecule has 25 heavy (non-hydrogen) atoms. The summed E-state index contributed by atoms with van der Waals surface area (Å²) in [4.78, 5) is 26.7. The Kier molecular flexibility index (Phi) is 5.93. The summed E-state index contributed by atoms with van der Waals surface area (Å²) in [5.41, 5.74) is 6.70. The maximum absolute atomic E-state index is 12.8. The number of nitrogens with two attached hydrogens (primary N) is 1. The van der Waals surface area contributed by atoms with E-state index in [1.54, 1.807) is 20.9 Å². The number of anilines is 1. The molecular weight excluding hydrogens is 314 g/mol. The first-order valence-corrected chi connectivity index (χ1v) is 8.26. The molecule has 2 amide bonds. The Labute approximate surface area is 148 Å². The van der Waals surface area contributed by atoms with Crippen molar-refractivity contribution in [1.82, 2.24) is 5.32 Å². The third-order valence-corrected chi connectivity index (χ3v) is 4.05. The van der Waals surface area contributed by atoms with Crippen LogP contribution in [0.15, 0.2) is 60.7 Å². The predicted octanol–water partition coefficient (Wildman–Crippen LogP) is 2.11. The first-order valence-electron chi connectivity index (χ1n) is 8.26. The Morgan fingerprint density at radius 1 is 1.04 bits per heavy atom. The summed E-state index contributed by atoms with van der Waals surface area (Å²) in [6.07, 6.45) is 0.422. The van der Waals surface area contributed by atoms with E-state index in [0.29, 0.717) is 6.42 Å². The second-order valence-electron chi connectivity index (χ2n) is 6.61. The fourth-order valence-electron chi connectivity index (χ4n) is 2.60. The molecule has 0 aliphatic heterocycles. The molecule has 2 aromatic carbocycles. The second kappa shape index (κ2) is 7.94. The summed E-state index contributed by atoms with van der Waals surface area (Å²) in [6, 6.07) is 18.2. The van der Waals surface area contributed by atoms with Gasteiger partial charge in [0.15, 0.2) is 0 Å². The number of nitrogens with one attached hydrogen (secondary N) is 1. The van der Waals surface area contributed by atoms with Crippen molar-refractivity contribution < 1.29 is 9.59 Å². The van der Waals surface area contributed by atoms with Gasteiger partial charge in [-0.3, -0.25) is 9.59 Å². The van der Waals surface area contributed by atoms with E-state index in [9.17, 15) is 9.59 Å². The van der Waals surface area contributed by atoms with Gasteiger partial charge in [-0.05, 0) is 38.0 Å². The van der Waals surface area contributed by atoms with Crippen molar-refractivity contribution in [3.63, 3.8) is 0 Å². The van der Waals surface area contributed by atoms with Gasteiger partial charge in [-0.2, -0.15) is 0 Å². The van der Waals surface area contributed by atoms with E-state index in [0.717, 1.165) is 11.3 Å². The number of benzene rings is 2. The number of likely N-dealkylation sites (N-methyl/N-ethyl adjacent to an activating group) is 1. The summed E-state index contributed by atoms with van der Waals surface area (Å²) in [7, 11) is 1.69. The van der Waals surface area contributed by atoms with Gasteiger partial charge in [0, 0.05) is 12.7 Å². The zero-order chi connectivity index (χ0) is 18.4. The van der Waals surface area contributed by atoms with Crippen LogP contribution in [0.1, 0.15) is 19.4 Å². The Hall–Kier alpha value is -2.66. The molecular formula is C20H25N3O2. The molecule has 132 valence electrons. The van der Waals surface area contributed by atoms with Gasteiger partial charge in [0.1, 0.15) is 5.54 Å². The zero-order valence-electron chi connectivity index (χ0n) is 14.9. The van der Waals surface area contributed by atoms with Crippen molar-refractivity contribution in [3.8, 4) is 0 Å². The average Bonchev–Trinajstić information content (AvgIpc) is 2.61. The number of amides is 2. The van der Waals surface area contributed by atoms with Crippen LogP contribution < -0.4 is 16.0 Å². The van der Waals surface area contributed by atoms with Gasteiger partial charge in [-0.15, -0.1) is 0 Å². The van der Waals surface area contributed by atoms with Gasteiger partial charge in [-0.1, -0.05) is 48.5 Å². The topological polar surface area (TPSA) is 75.4 Å². The highest BCUT2D eigenvalue weighted by Crippen LogP contribution is 2.16. The van der Waals surface area contributed by atoms with Crippen LogP contribution in [-0.4, -0.2) is 30.4 Å². The van der Waals surface area contributed by atoms with Crippen molar-refractivity contribution in [3.05, 3.63) is 66.2 Å². The van der Waals surface area contributed by atoms with Crippen LogP contribution in [0.3, 0.4) is 0 Å². The molecule has 3 N–H and O–H groups in total. The highest BCUT2D eigenvalue weighted by Gasteiger charge is 2.34. The second-order valence-corrected chi connectivity index (χ2v) is 6.61. The quantitative estimate of drug-likeness (QED) is 0.846. The molecule has 0 radical (unpaired) electrons. The van der Waals surface area contributed by atoms with Crippen molar-refractivity contribution in [2.75, 3.05) is 11.9 Å². The van der Waals surface area contributed by atoms with Gasteiger partial charge in [0.2, 0.25) is 5.91 Å². The lowest BCUT2D eigenvalue weighted by atomic mass is 10.0. The summed E-state index contributed by atoms with van der Waals surface area (Å²) < 4.78 is 0. The summed E-state index contributed by atoms with van der Waals surface area (Å²) in [5.74, 6) is -0.553.